The normalized spacial score (nSPS) is 11.5. The number of nitrogens with one attached hydrogen (secondary N) is 2. The summed E-state index contributed by atoms with van der Waals surface area (Å²) >= 11 is 6.03. The van der Waals surface area contributed by atoms with Gasteiger partial charge in [-0.15, -0.1) is 0 Å². The van der Waals surface area contributed by atoms with Gasteiger partial charge in [-0.25, -0.2) is 4.79 Å². The highest BCUT2D eigenvalue weighted by Crippen LogP contribution is 2.26. The zero-order valence-corrected chi connectivity index (χ0v) is 14.0. The second-order valence-corrected chi connectivity index (χ2v) is 5.55. The Balaban J connectivity index is 2.78. The second kappa shape index (κ2) is 8.38. The third-order valence-electron chi connectivity index (χ3n) is 3.13. The standard InChI is InChI=1S/C15H20ClN3O4/c1-4-13(20)17-10-5-6-11(16)12(7-10)18-15(23)19(3)8-9(2)14(21)22/h5-7,9H,4,8H2,1-3H3,(H,17,20)(H,18,23)(H,21,22). The van der Waals surface area contributed by atoms with Crippen LogP contribution < -0.4 is 10.6 Å². The van der Waals surface area contributed by atoms with Crippen LogP contribution in [-0.2, 0) is 9.59 Å². The van der Waals surface area contributed by atoms with Crippen LogP contribution >= 0.6 is 11.6 Å². The minimum absolute atomic E-state index is 0.0606. The van der Waals surface area contributed by atoms with Crippen LogP contribution in [0.25, 0.3) is 0 Å². The summed E-state index contributed by atoms with van der Waals surface area (Å²) in [6.45, 7) is 3.30. The molecule has 0 aliphatic rings. The molecule has 0 saturated heterocycles. The Hall–Kier alpha value is -2.28. The zero-order chi connectivity index (χ0) is 17.6. The van der Waals surface area contributed by atoms with E-state index < -0.39 is 17.9 Å². The number of rotatable bonds is 6. The largest absolute Gasteiger partial charge is 0.481 e. The van der Waals surface area contributed by atoms with Crippen molar-refractivity contribution in [2.45, 2.75) is 20.3 Å². The molecule has 126 valence electrons. The van der Waals surface area contributed by atoms with Crippen molar-refractivity contribution in [2.24, 2.45) is 5.92 Å². The molecule has 3 amide bonds. The van der Waals surface area contributed by atoms with Crippen molar-refractivity contribution in [3.63, 3.8) is 0 Å². The lowest BCUT2D eigenvalue weighted by Gasteiger charge is -2.20. The van der Waals surface area contributed by atoms with Gasteiger partial charge in [0, 0.05) is 25.7 Å². The van der Waals surface area contributed by atoms with E-state index >= 15 is 0 Å². The van der Waals surface area contributed by atoms with Crippen LogP contribution in [0.5, 0.6) is 0 Å². The average Bonchev–Trinajstić information content (AvgIpc) is 2.49. The van der Waals surface area contributed by atoms with Crippen molar-refractivity contribution in [2.75, 3.05) is 24.2 Å². The van der Waals surface area contributed by atoms with E-state index in [-0.39, 0.29) is 12.5 Å². The van der Waals surface area contributed by atoms with Gasteiger partial charge in [0.1, 0.15) is 0 Å². The SMILES string of the molecule is CCC(=O)Nc1ccc(Cl)c(NC(=O)N(C)CC(C)C(=O)O)c1. The molecular formula is C15H20ClN3O4. The first-order valence-corrected chi connectivity index (χ1v) is 7.46. The molecule has 0 heterocycles. The fourth-order valence-corrected chi connectivity index (χ4v) is 1.90. The number of aliphatic carboxylic acids is 1. The molecule has 7 nitrogen and oxygen atoms in total. The lowest BCUT2D eigenvalue weighted by Crippen LogP contribution is -2.36. The van der Waals surface area contributed by atoms with E-state index in [1.807, 2.05) is 0 Å². The molecule has 0 aliphatic carbocycles. The Morgan fingerprint density at radius 3 is 2.52 bits per heavy atom. The molecule has 0 bridgehead atoms. The Kier molecular flexibility index (Phi) is 6.84. The molecule has 0 aliphatic heterocycles. The van der Waals surface area contributed by atoms with Gasteiger partial charge in [-0.2, -0.15) is 0 Å². The van der Waals surface area contributed by atoms with Crippen molar-refractivity contribution in [3.05, 3.63) is 23.2 Å². The highest BCUT2D eigenvalue weighted by Gasteiger charge is 2.18. The molecule has 0 aromatic heterocycles. The average molecular weight is 342 g/mol. The molecule has 8 heteroatoms. The minimum atomic E-state index is -0.980. The Labute approximate surface area is 139 Å². The summed E-state index contributed by atoms with van der Waals surface area (Å²) in [5, 5.41) is 14.4. The number of carbonyl (C=O) groups excluding carboxylic acids is 2. The summed E-state index contributed by atoms with van der Waals surface area (Å²) in [4.78, 5) is 35.6. The topological polar surface area (TPSA) is 98.7 Å². The first-order valence-electron chi connectivity index (χ1n) is 7.08. The molecule has 23 heavy (non-hydrogen) atoms. The van der Waals surface area contributed by atoms with E-state index in [1.165, 1.54) is 18.9 Å². The fraction of sp³-hybridized carbons (Fsp3) is 0.400. The number of urea groups is 1. The number of hydrogen-bond donors (Lipinski definition) is 3. The number of hydrogen-bond acceptors (Lipinski definition) is 3. The van der Waals surface area contributed by atoms with Crippen LogP contribution in [0.4, 0.5) is 16.2 Å². The molecule has 1 atom stereocenters. The quantitative estimate of drug-likeness (QED) is 0.740. The van der Waals surface area contributed by atoms with Gasteiger partial charge in [0.15, 0.2) is 0 Å². The monoisotopic (exact) mass is 341 g/mol. The molecular weight excluding hydrogens is 322 g/mol. The molecule has 0 fully saturated rings. The molecule has 3 N–H and O–H groups in total. The number of carboxylic acids is 1. The number of carboxylic acid groups (broad SMARTS) is 1. The highest BCUT2D eigenvalue weighted by molar-refractivity contribution is 6.33. The number of benzene rings is 1. The van der Waals surface area contributed by atoms with Gasteiger partial charge in [-0.05, 0) is 18.2 Å². The van der Waals surface area contributed by atoms with Crippen LogP contribution in [0.3, 0.4) is 0 Å². The molecule has 0 saturated carbocycles. The van der Waals surface area contributed by atoms with Crippen LogP contribution in [0, 0.1) is 5.92 Å². The first kappa shape index (κ1) is 18.8. The predicted molar refractivity (Wildman–Crippen MR) is 88.8 cm³/mol. The highest BCUT2D eigenvalue weighted by atomic mass is 35.5. The summed E-state index contributed by atoms with van der Waals surface area (Å²) in [7, 11) is 1.49. The number of halogens is 1. The summed E-state index contributed by atoms with van der Waals surface area (Å²) < 4.78 is 0. The maximum absolute atomic E-state index is 12.1. The van der Waals surface area contributed by atoms with Gasteiger partial charge >= 0.3 is 12.0 Å². The van der Waals surface area contributed by atoms with Crippen molar-refractivity contribution >= 4 is 40.9 Å². The van der Waals surface area contributed by atoms with Crippen LogP contribution in [-0.4, -0.2) is 41.5 Å². The Morgan fingerprint density at radius 2 is 1.96 bits per heavy atom. The van der Waals surface area contributed by atoms with Gasteiger partial charge in [-0.1, -0.05) is 25.4 Å². The van der Waals surface area contributed by atoms with Gasteiger partial charge in [0.05, 0.1) is 16.6 Å². The van der Waals surface area contributed by atoms with Crippen molar-refractivity contribution in [3.8, 4) is 0 Å². The Morgan fingerprint density at radius 1 is 1.30 bits per heavy atom. The summed E-state index contributed by atoms with van der Waals surface area (Å²) in [5.74, 6) is -1.82. The van der Waals surface area contributed by atoms with E-state index in [0.717, 1.165) is 0 Å². The van der Waals surface area contributed by atoms with Gasteiger partial charge in [0.2, 0.25) is 5.91 Å². The van der Waals surface area contributed by atoms with Crippen molar-refractivity contribution in [1.29, 1.82) is 0 Å². The Bertz CT molecular complexity index is 606. The van der Waals surface area contributed by atoms with E-state index in [0.29, 0.717) is 22.8 Å². The lowest BCUT2D eigenvalue weighted by molar-refractivity contribution is -0.141. The summed E-state index contributed by atoms with van der Waals surface area (Å²) in [6, 6.07) is 4.24. The summed E-state index contributed by atoms with van der Waals surface area (Å²) in [5.41, 5.74) is 0.846. The number of amides is 3. The molecule has 0 spiro atoms. The maximum Gasteiger partial charge on any atom is 0.321 e. The van der Waals surface area contributed by atoms with E-state index in [1.54, 1.807) is 25.1 Å². The van der Waals surface area contributed by atoms with Crippen LogP contribution in [0.15, 0.2) is 18.2 Å². The lowest BCUT2D eigenvalue weighted by atomic mass is 10.2. The van der Waals surface area contributed by atoms with Crippen LogP contribution in [0.1, 0.15) is 20.3 Å². The number of nitrogens with zero attached hydrogens (tertiary/aromatic N) is 1. The zero-order valence-electron chi connectivity index (χ0n) is 13.2. The molecule has 1 aromatic rings. The number of anilines is 2. The molecule has 1 unspecified atom stereocenters. The van der Waals surface area contributed by atoms with E-state index in [9.17, 15) is 14.4 Å². The maximum atomic E-state index is 12.1. The number of carbonyl (C=O) groups is 3. The summed E-state index contributed by atoms with van der Waals surface area (Å²) in [6.07, 6.45) is 0.333. The van der Waals surface area contributed by atoms with Crippen molar-refractivity contribution < 1.29 is 19.5 Å². The molecule has 1 aromatic carbocycles. The fourth-order valence-electron chi connectivity index (χ4n) is 1.73. The third-order valence-corrected chi connectivity index (χ3v) is 3.46. The van der Waals surface area contributed by atoms with E-state index in [2.05, 4.69) is 10.6 Å². The van der Waals surface area contributed by atoms with Gasteiger partial charge in [-0.3, -0.25) is 9.59 Å². The van der Waals surface area contributed by atoms with Gasteiger partial charge in [0.25, 0.3) is 0 Å². The first-order chi connectivity index (χ1) is 10.7. The predicted octanol–water partition coefficient (Wildman–Crippen LogP) is 2.87. The van der Waals surface area contributed by atoms with E-state index in [4.69, 9.17) is 16.7 Å². The molecule has 1 rings (SSSR count). The van der Waals surface area contributed by atoms with Crippen molar-refractivity contribution in [1.82, 2.24) is 4.90 Å². The molecule has 0 radical (unpaired) electrons. The smallest absolute Gasteiger partial charge is 0.321 e. The van der Waals surface area contributed by atoms with Gasteiger partial charge < -0.3 is 20.6 Å². The third kappa shape index (κ3) is 5.78. The minimum Gasteiger partial charge on any atom is -0.481 e. The van der Waals surface area contributed by atoms with Crippen LogP contribution in [0.2, 0.25) is 5.02 Å². The second-order valence-electron chi connectivity index (χ2n) is 5.15.